The van der Waals surface area contributed by atoms with Crippen molar-refractivity contribution in [3.8, 4) is 0 Å². The summed E-state index contributed by atoms with van der Waals surface area (Å²) in [4.78, 5) is 18.6. The Morgan fingerprint density at radius 1 is 1.58 bits per heavy atom. The SMILES string of the molecule is CC(C)n1ccnc(N(C)CC2CCCNC2)c1=O. The third-order valence-electron chi connectivity index (χ3n) is 3.70. The predicted molar refractivity (Wildman–Crippen MR) is 77.7 cm³/mol. The van der Waals surface area contributed by atoms with Gasteiger partial charge in [0, 0.05) is 32.0 Å². The fourth-order valence-corrected chi connectivity index (χ4v) is 2.64. The van der Waals surface area contributed by atoms with Gasteiger partial charge in [0.2, 0.25) is 0 Å². The first-order valence-corrected chi connectivity index (χ1v) is 7.08. The van der Waals surface area contributed by atoms with E-state index in [9.17, 15) is 4.79 Å². The van der Waals surface area contributed by atoms with Crippen LogP contribution in [0.4, 0.5) is 5.82 Å². The Balaban J connectivity index is 2.12. The molecule has 1 aromatic rings. The molecule has 1 N–H and O–H groups in total. The quantitative estimate of drug-likeness (QED) is 0.889. The first-order valence-electron chi connectivity index (χ1n) is 7.08. The van der Waals surface area contributed by atoms with Crippen molar-refractivity contribution in [1.29, 1.82) is 0 Å². The summed E-state index contributed by atoms with van der Waals surface area (Å²) < 4.78 is 1.73. The number of aromatic nitrogens is 2. The molecule has 0 aliphatic carbocycles. The van der Waals surface area contributed by atoms with E-state index in [1.54, 1.807) is 17.0 Å². The van der Waals surface area contributed by atoms with Gasteiger partial charge >= 0.3 is 0 Å². The van der Waals surface area contributed by atoms with Crippen molar-refractivity contribution in [3.05, 3.63) is 22.7 Å². The zero-order valence-electron chi connectivity index (χ0n) is 12.1. The Morgan fingerprint density at radius 3 is 3.00 bits per heavy atom. The van der Waals surface area contributed by atoms with Crippen LogP contribution in [0, 0.1) is 5.92 Å². The zero-order valence-corrected chi connectivity index (χ0v) is 12.1. The summed E-state index contributed by atoms with van der Waals surface area (Å²) in [7, 11) is 1.96. The third-order valence-corrected chi connectivity index (χ3v) is 3.70. The molecule has 0 bridgehead atoms. The van der Waals surface area contributed by atoms with Gasteiger partial charge in [-0.2, -0.15) is 0 Å². The van der Waals surface area contributed by atoms with Gasteiger partial charge in [-0.25, -0.2) is 4.98 Å². The molecule has 19 heavy (non-hydrogen) atoms. The minimum absolute atomic E-state index is 0.00349. The molecule has 1 saturated heterocycles. The van der Waals surface area contributed by atoms with Gasteiger partial charge < -0.3 is 14.8 Å². The first-order chi connectivity index (χ1) is 9.09. The molecular weight excluding hydrogens is 240 g/mol. The van der Waals surface area contributed by atoms with E-state index in [4.69, 9.17) is 0 Å². The highest BCUT2D eigenvalue weighted by molar-refractivity contribution is 5.34. The maximum atomic E-state index is 12.3. The fraction of sp³-hybridized carbons (Fsp3) is 0.714. The molecular formula is C14H24N4O. The zero-order chi connectivity index (χ0) is 13.8. The van der Waals surface area contributed by atoms with Crippen LogP contribution >= 0.6 is 0 Å². The number of nitrogens with zero attached hydrogens (tertiary/aromatic N) is 3. The fourth-order valence-electron chi connectivity index (χ4n) is 2.64. The molecule has 1 unspecified atom stereocenters. The van der Waals surface area contributed by atoms with Crippen LogP contribution in [-0.4, -0.2) is 36.2 Å². The van der Waals surface area contributed by atoms with Gasteiger partial charge in [-0.3, -0.25) is 4.79 Å². The second-order valence-corrected chi connectivity index (χ2v) is 5.65. The van der Waals surface area contributed by atoms with Crippen molar-refractivity contribution in [1.82, 2.24) is 14.9 Å². The van der Waals surface area contributed by atoms with Crippen molar-refractivity contribution in [2.24, 2.45) is 5.92 Å². The van der Waals surface area contributed by atoms with Gasteiger partial charge in [0.1, 0.15) is 0 Å². The molecule has 1 fully saturated rings. The molecule has 0 spiro atoms. The molecule has 2 heterocycles. The number of anilines is 1. The molecule has 1 aliphatic heterocycles. The van der Waals surface area contributed by atoms with Crippen molar-refractivity contribution >= 4 is 5.82 Å². The Bertz CT molecular complexity index is 463. The topological polar surface area (TPSA) is 50.2 Å². The Labute approximate surface area is 114 Å². The van der Waals surface area contributed by atoms with E-state index in [2.05, 4.69) is 10.3 Å². The van der Waals surface area contributed by atoms with E-state index >= 15 is 0 Å². The monoisotopic (exact) mass is 264 g/mol. The van der Waals surface area contributed by atoms with E-state index in [1.807, 2.05) is 25.8 Å². The summed E-state index contributed by atoms with van der Waals surface area (Å²) in [6, 6.07) is 0.166. The molecule has 0 radical (unpaired) electrons. The van der Waals surface area contributed by atoms with E-state index in [1.165, 1.54) is 12.8 Å². The minimum atomic E-state index is 0.00349. The number of nitrogens with one attached hydrogen (secondary N) is 1. The van der Waals surface area contributed by atoms with Crippen molar-refractivity contribution in [3.63, 3.8) is 0 Å². The third kappa shape index (κ3) is 3.35. The highest BCUT2D eigenvalue weighted by Gasteiger charge is 2.18. The largest absolute Gasteiger partial charge is 0.355 e. The van der Waals surface area contributed by atoms with Gasteiger partial charge in [-0.05, 0) is 45.7 Å². The van der Waals surface area contributed by atoms with Crippen LogP contribution in [-0.2, 0) is 0 Å². The molecule has 106 valence electrons. The molecule has 1 aromatic heterocycles. The summed E-state index contributed by atoms with van der Waals surface area (Å²) in [5, 5.41) is 3.41. The van der Waals surface area contributed by atoms with Gasteiger partial charge in [-0.1, -0.05) is 0 Å². The second-order valence-electron chi connectivity index (χ2n) is 5.65. The van der Waals surface area contributed by atoms with E-state index in [-0.39, 0.29) is 11.6 Å². The van der Waals surface area contributed by atoms with Crippen LogP contribution in [0.2, 0.25) is 0 Å². The maximum absolute atomic E-state index is 12.3. The van der Waals surface area contributed by atoms with E-state index in [0.717, 1.165) is 19.6 Å². The van der Waals surface area contributed by atoms with Crippen LogP contribution < -0.4 is 15.8 Å². The average molecular weight is 264 g/mol. The number of hydrogen-bond acceptors (Lipinski definition) is 4. The molecule has 5 heteroatoms. The van der Waals surface area contributed by atoms with Gasteiger partial charge in [0.25, 0.3) is 5.56 Å². The summed E-state index contributed by atoms with van der Waals surface area (Å²) in [5.74, 6) is 1.16. The van der Waals surface area contributed by atoms with Crippen molar-refractivity contribution in [2.75, 3.05) is 31.6 Å². The van der Waals surface area contributed by atoms with Gasteiger partial charge in [0.15, 0.2) is 5.82 Å². The smallest absolute Gasteiger partial charge is 0.293 e. The lowest BCUT2D eigenvalue weighted by Gasteiger charge is -2.28. The van der Waals surface area contributed by atoms with Gasteiger partial charge in [-0.15, -0.1) is 0 Å². The molecule has 1 aliphatic rings. The number of piperidine rings is 1. The van der Waals surface area contributed by atoms with Crippen molar-refractivity contribution < 1.29 is 0 Å². The standard InChI is InChI=1S/C14H24N4O/c1-11(2)18-8-7-16-13(14(18)19)17(3)10-12-5-4-6-15-9-12/h7-8,11-12,15H,4-6,9-10H2,1-3H3. The lowest BCUT2D eigenvalue weighted by Crippen LogP contribution is -2.39. The van der Waals surface area contributed by atoms with Gasteiger partial charge in [0.05, 0.1) is 0 Å². The summed E-state index contributed by atoms with van der Waals surface area (Å²) in [6.45, 7) is 7.06. The highest BCUT2D eigenvalue weighted by Crippen LogP contribution is 2.13. The molecule has 5 nitrogen and oxygen atoms in total. The van der Waals surface area contributed by atoms with Crippen LogP contribution in [0.25, 0.3) is 0 Å². The number of rotatable bonds is 4. The summed E-state index contributed by atoms with van der Waals surface area (Å²) in [5.41, 5.74) is 0.00349. The average Bonchev–Trinajstić information content (AvgIpc) is 2.39. The van der Waals surface area contributed by atoms with Crippen LogP contribution in [0.3, 0.4) is 0 Å². The normalized spacial score (nSPS) is 19.7. The van der Waals surface area contributed by atoms with E-state index < -0.39 is 0 Å². The predicted octanol–water partition coefficient (Wildman–Crippen LogP) is 1.26. The second kappa shape index (κ2) is 6.19. The molecule has 0 aromatic carbocycles. The Kier molecular flexibility index (Phi) is 4.58. The van der Waals surface area contributed by atoms with Crippen LogP contribution in [0.1, 0.15) is 32.7 Å². The van der Waals surface area contributed by atoms with Crippen molar-refractivity contribution in [2.45, 2.75) is 32.7 Å². The van der Waals surface area contributed by atoms with Crippen LogP contribution in [0.15, 0.2) is 17.2 Å². The first kappa shape index (κ1) is 14.1. The maximum Gasteiger partial charge on any atom is 0.293 e. The summed E-state index contributed by atoms with van der Waals surface area (Å²) >= 11 is 0. The molecule has 2 rings (SSSR count). The van der Waals surface area contributed by atoms with Crippen LogP contribution in [0.5, 0.6) is 0 Å². The lowest BCUT2D eigenvalue weighted by molar-refractivity contribution is 0.380. The number of hydrogen-bond donors (Lipinski definition) is 1. The lowest BCUT2D eigenvalue weighted by atomic mass is 9.99. The van der Waals surface area contributed by atoms with E-state index in [0.29, 0.717) is 11.7 Å². The Hall–Kier alpha value is -1.36. The molecule has 1 atom stereocenters. The molecule has 0 amide bonds. The minimum Gasteiger partial charge on any atom is -0.355 e. The summed E-state index contributed by atoms with van der Waals surface area (Å²) in [6.07, 6.45) is 5.92. The Morgan fingerprint density at radius 2 is 2.37 bits per heavy atom. The molecule has 0 saturated carbocycles. The highest BCUT2D eigenvalue weighted by atomic mass is 16.1.